The van der Waals surface area contributed by atoms with Crippen molar-refractivity contribution in [3.05, 3.63) is 29.0 Å². The van der Waals surface area contributed by atoms with Gasteiger partial charge in [-0.3, -0.25) is 0 Å². The lowest BCUT2D eigenvalue weighted by atomic mass is 9.79. The standard InChI is InChI=1S/C30H47N5O3/c1-6-36-25-16-27(38-8-3)26(37-7-2)15-22(25)18-32-17-21-10-12-23(13-11-21)33-30-34-24-14-9-19(4)20(5)28(24)29(31)35-30/h15-16,19-21,23,32H,6-14,17-18H2,1-5H3,(H3,31,33,34,35)/t19-,20-,21?,23?/m1/s1. The summed E-state index contributed by atoms with van der Waals surface area (Å²) >= 11 is 0. The topological polar surface area (TPSA) is 104 Å². The summed E-state index contributed by atoms with van der Waals surface area (Å²) in [6.45, 7) is 14.0. The van der Waals surface area contributed by atoms with Gasteiger partial charge >= 0.3 is 0 Å². The minimum Gasteiger partial charge on any atom is -0.493 e. The number of nitrogens with zero attached hydrogens (tertiary/aromatic N) is 2. The number of benzene rings is 1. The highest BCUT2D eigenvalue weighted by Crippen LogP contribution is 2.38. The van der Waals surface area contributed by atoms with Crippen molar-refractivity contribution in [2.45, 2.75) is 91.6 Å². The molecule has 0 bridgehead atoms. The molecule has 4 N–H and O–H groups in total. The van der Waals surface area contributed by atoms with E-state index in [2.05, 4.69) is 35.5 Å². The Balaban J connectivity index is 1.29. The largest absolute Gasteiger partial charge is 0.493 e. The van der Waals surface area contributed by atoms with Crippen molar-refractivity contribution in [1.82, 2.24) is 15.3 Å². The number of nitrogens with one attached hydrogen (secondary N) is 2. The third-order valence-electron chi connectivity index (χ3n) is 8.15. The van der Waals surface area contributed by atoms with Gasteiger partial charge in [-0.15, -0.1) is 0 Å². The van der Waals surface area contributed by atoms with E-state index in [1.165, 1.54) is 12.8 Å². The fraction of sp³-hybridized carbons (Fsp3) is 0.667. The second-order valence-electron chi connectivity index (χ2n) is 10.8. The van der Waals surface area contributed by atoms with Crippen LogP contribution in [0.15, 0.2) is 12.1 Å². The third-order valence-corrected chi connectivity index (χ3v) is 8.15. The minimum atomic E-state index is 0.396. The molecule has 2 aromatic rings. The molecule has 0 amide bonds. The minimum absolute atomic E-state index is 0.396. The number of hydrogen-bond donors (Lipinski definition) is 3. The van der Waals surface area contributed by atoms with Crippen molar-refractivity contribution in [3.8, 4) is 17.2 Å². The zero-order valence-electron chi connectivity index (χ0n) is 23.9. The van der Waals surface area contributed by atoms with Gasteiger partial charge in [-0.1, -0.05) is 13.8 Å². The number of hydrogen-bond acceptors (Lipinski definition) is 8. The van der Waals surface area contributed by atoms with E-state index >= 15 is 0 Å². The first kappa shape index (κ1) is 28.3. The number of nitrogen functional groups attached to an aromatic ring is 1. The summed E-state index contributed by atoms with van der Waals surface area (Å²) in [6.07, 6.45) is 6.73. The average Bonchev–Trinajstić information content (AvgIpc) is 2.89. The van der Waals surface area contributed by atoms with Crippen LogP contribution in [0.5, 0.6) is 17.2 Å². The highest BCUT2D eigenvalue weighted by Gasteiger charge is 2.28. The monoisotopic (exact) mass is 525 g/mol. The van der Waals surface area contributed by atoms with Crippen LogP contribution in [0.25, 0.3) is 0 Å². The Morgan fingerprint density at radius 1 is 0.868 bits per heavy atom. The lowest BCUT2D eigenvalue weighted by Crippen LogP contribution is -2.32. The molecule has 0 saturated heterocycles. The van der Waals surface area contributed by atoms with Gasteiger partial charge < -0.3 is 30.6 Å². The predicted molar refractivity (Wildman–Crippen MR) is 153 cm³/mol. The molecule has 1 aromatic carbocycles. The smallest absolute Gasteiger partial charge is 0.225 e. The molecule has 1 fully saturated rings. The van der Waals surface area contributed by atoms with Crippen molar-refractivity contribution in [2.75, 3.05) is 37.4 Å². The third kappa shape index (κ3) is 6.82. The normalized spacial score (nSPS) is 23.0. The highest BCUT2D eigenvalue weighted by atomic mass is 16.5. The molecule has 2 aliphatic rings. The van der Waals surface area contributed by atoms with Crippen LogP contribution in [-0.4, -0.2) is 42.4 Å². The van der Waals surface area contributed by atoms with Gasteiger partial charge in [0.25, 0.3) is 0 Å². The molecule has 0 spiro atoms. The second kappa shape index (κ2) is 13.4. The number of ether oxygens (including phenoxy) is 3. The van der Waals surface area contributed by atoms with Gasteiger partial charge in [-0.25, -0.2) is 4.98 Å². The molecule has 8 nitrogen and oxygen atoms in total. The number of anilines is 2. The summed E-state index contributed by atoms with van der Waals surface area (Å²) in [4.78, 5) is 9.51. The number of aromatic nitrogens is 2. The van der Waals surface area contributed by atoms with E-state index in [1.54, 1.807) is 0 Å². The van der Waals surface area contributed by atoms with E-state index in [-0.39, 0.29) is 0 Å². The van der Waals surface area contributed by atoms with Gasteiger partial charge in [-0.2, -0.15) is 4.98 Å². The summed E-state index contributed by atoms with van der Waals surface area (Å²) in [5.41, 5.74) is 9.78. The lowest BCUT2D eigenvalue weighted by molar-refractivity contribution is 0.281. The Kier molecular flexibility index (Phi) is 9.94. The number of nitrogens with two attached hydrogens (primary N) is 1. The lowest BCUT2D eigenvalue weighted by Gasteiger charge is -2.31. The molecule has 210 valence electrons. The summed E-state index contributed by atoms with van der Waals surface area (Å²) < 4.78 is 17.5. The molecule has 1 heterocycles. The van der Waals surface area contributed by atoms with Crippen LogP contribution in [0.2, 0.25) is 0 Å². The van der Waals surface area contributed by atoms with Crippen molar-refractivity contribution in [3.63, 3.8) is 0 Å². The summed E-state index contributed by atoms with van der Waals surface area (Å²) in [5, 5.41) is 7.26. The summed E-state index contributed by atoms with van der Waals surface area (Å²) in [7, 11) is 0. The Morgan fingerprint density at radius 3 is 2.21 bits per heavy atom. The van der Waals surface area contributed by atoms with Crippen molar-refractivity contribution < 1.29 is 14.2 Å². The Bertz CT molecular complexity index is 1050. The zero-order valence-corrected chi connectivity index (χ0v) is 23.9. The molecule has 1 aromatic heterocycles. The molecule has 4 rings (SSSR count). The molecule has 38 heavy (non-hydrogen) atoms. The van der Waals surface area contributed by atoms with Crippen molar-refractivity contribution >= 4 is 11.8 Å². The molecule has 0 unspecified atom stereocenters. The first-order chi connectivity index (χ1) is 18.4. The predicted octanol–water partition coefficient (Wildman–Crippen LogP) is 5.70. The van der Waals surface area contributed by atoms with Crippen LogP contribution in [0.4, 0.5) is 11.8 Å². The molecule has 8 heteroatoms. The number of aryl methyl sites for hydroxylation is 1. The Hall–Kier alpha value is -2.74. The van der Waals surface area contributed by atoms with Gasteiger partial charge in [0, 0.05) is 29.8 Å². The maximum atomic E-state index is 6.38. The van der Waals surface area contributed by atoms with E-state index in [0.29, 0.717) is 55.4 Å². The van der Waals surface area contributed by atoms with Crippen LogP contribution in [0.3, 0.4) is 0 Å². The van der Waals surface area contributed by atoms with Gasteiger partial charge in [0.15, 0.2) is 11.5 Å². The van der Waals surface area contributed by atoms with Gasteiger partial charge in [-0.05, 0) is 89.7 Å². The van der Waals surface area contributed by atoms with Gasteiger partial charge in [0.2, 0.25) is 5.95 Å². The molecular formula is C30H47N5O3. The first-order valence-corrected chi connectivity index (χ1v) is 14.6. The highest BCUT2D eigenvalue weighted by molar-refractivity contribution is 5.51. The fourth-order valence-corrected chi connectivity index (χ4v) is 5.84. The number of fused-ring (bicyclic) bond motifs is 1. The molecule has 1 saturated carbocycles. The summed E-state index contributed by atoms with van der Waals surface area (Å²) in [5.74, 6) is 5.42. The van der Waals surface area contributed by atoms with E-state index in [0.717, 1.165) is 72.8 Å². The maximum Gasteiger partial charge on any atom is 0.225 e. The molecule has 0 aliphatic heterocycles. The maximum absolute atomic E-state index is 6.38. The van der Waals surface area contributed by atoms with E-state index in [1.807, 2.05) is 26.8 Å². The average molecular weight is 526 g/mol. The SMILES string of the molecule is CCOc1cc(OCC)c(OCC)cc1CNCC1CCC(Nc2nc(N)c3c(n2)CC[C@@H](C)[C@H]3C)CC1. The van der Waals surface area contributed by atoms with Crippen LogP contribution in [0, 0.1) is 11.8 Å². The van der Waals surface area contributed by atoms with Crippen LogP contribution < -0.4 is 30.6 Å². The van der Waals surface area contributed by atoms with E-state index in [4.69, 9.17) is 24.9 Å². The Morgan fingerprint density at radius 2 is 1.53 bits per heavy atom. The van der Waals surface area contributed by atoms with Crippen LogP contribution >= 0.6 is 0 Å². The molecular weight excluding hydrogens is 478 g/mol. The second-order valence-corrected chi connectivity index (χ2v) is 10.8. The summed E-state index contributed by atoms with van der Waals surface area (Å²) in [6, 6.07) is 4.41. The van der Waals surface area contributed by atoms with E-state index in [9.17, 15) is 0 Å². The van der Waals surface area contributed by atoms with Crippen LogP contribution in [-0.2, 0) is 13.0 Å². The molecule has 0 radical (unpaired) electrons. The first-order valence-electron chi connectivity index (χ1n) is 14.6. The number of rotatable bonds is 12. The zero-order chi connectivity index (χ0) is 27.1. The molecule has 2 aliphatic carbocycles. The fourth-order valence-electron chi connectivity index (χ4n) is 5.84. The van der Waals surface area contributed by atoms with Crippen molar-refractivity contribution in [2.24, 2.45) is 11.8 Å². The van der Waals surface area contributed by atoms with E-state index < -0.39 is 0 Å². The van der Waals surface area contributed by atoms with Gasteiger partial charge in [0.1, 0.15) is 11.6 Å². The molecule has 2 atom stereocenters. The van der Waals surface area contributed by atoms with Crippen LogP contribution in [0.1, 0.15) is 89.5 Å². The quantitative estimate of drug-likeness (QED) is 0.324. The van der Waals surface area contributed by atoms with Gasteiger partial charge in [0.05, 0.1) is 25.5 Å². The van der Waals surface area contributed by atoms with Crippen molar-refractivity contribution in [1.29, 1.82) is 0 Å². The Labute approximate surface area is 228 Å².